The van der Waals surface area contributed by atoms with Gasteiger partial charge >= 0.3 is 0 Å². The fourth-order valence-electron chi connectivity index (χ4n) is 4.66. The Bertz CT molecular complexity index is 609. The Labute approximate surface area is 139 Å². The molecule has 0 aromatic heterocycles. The van der Waals surface area contributed by atoms with E-state index in [9.17, 15) is 4.79 Å². The molecule has 4 atom stereocenters. The number of rotatable bonds is 4. The van der Waals surface area contributed by atoms with Crippen LogP contribution in [-0.2, 0) is 4.79 Å². The van der Waals surface area contributed by atoms with Crippen LogP contribution in [-0.4, -0.2) is 18.1 Å². The zero-order valence-electron chi connectivity index (χ0n) is 15.0. The predicted molar refractivity (Wildman–Crippen MR) is 92.4 cm³/mol. The molecule has 0 radical (unpaired) electrons. The number of benzene rings is 1. The number of aryl methyl sites for hydroxylation is 1. The molecule has 23 heavy (non-hydrogen) atoms. The molecule has 1 aromatic carbocycles. The van der Waals surface area contributed by atoms with Crippen LogP contribution in [0.3, 0.4) is 0 Å². The normalized spacial score (nSPS) is 32.6. The Kier molecular flexibility index (Phi) is 3.94. The van der Waals surface area contributed by atoms with Crippen LogP contribution in [0.4, 0.5) is 0 Å². The second kappa shape index (κ2) is 5.54. The maximum absolute atomic E-state index is 12.6. The zero-order valence-corrected chi connectivity index (χ0v) is 15.0. The summed E-state index contributed by atoms with van der Waals surface area (Å²) in [4.78, 5) is 12.6. The molecule has 0 heterocycles. The van der Waals surface area contributed by atoms with Crippen molar-refractivity contribution in [3.63, 3.8) is 0 Å². The van der Waals surface area contributed by atoms with Gasteiger partial charge in [-0.2, -0.15) is 0 Å². The summed E-state index contributed by atoms with van der Waals surface area (Å²) < 4.78 is 5.82. The van der Waals surface area contributed by atoms with Gasteiger partial charge in [-0.3, -0.25) is 4.79 Å². The third kappa shape index (κ3) is 2.64. The van der Waals surface area contributed by atoms with E-state index in [1.807, 2.05) is 38.1 Å². The monoisotopic (exact) mass is 315 g/mol. The van der Waals surface area contributed by atoms with E-state index in [-0.39, 0.29) is 17.4 Å². The lowest BCUT2D eigenvalue weighted by Crippen LogP contribution is -2.50. The van der Waals surface area contributed by atoms with Crippen molar-refractivity contribution in [1.29, 1.82) is 0 Å². The number of amides is 1. The summed E-state index contributed by atoms with van der Waals surface area (Å²) in [6, 6.07) is 8.11. The van der Waals surface area contributed by atoms with Crippen molar-refractivity contribution >= 4 is 5.91 Å². The zero-order chi connectivity index (χ0) is 16.8. The molecule has 3 heteroatoms. The highest BCUT2D eigenvalue weighted by Crippen LogP contribution is 2.65. The summed E-state index contributed by atoms with van der Waals surface area (Å²) in [5, 5.41) is 3.28. The lowest BCUT2D eigenvalue weighted by molar-refractivity contribution is -0.129. The number of fused-ring (bicyclic) bond motifs is 2. The van der Waals surface area contributed by atoms with Gasteiger partial charge < -0.3 is 10.1 Å². The van der Waals surface area contributed by atoms with Crippen molar-refractivity contribution < 1.29 is 9.53 Å². The van der Waals surface area contributed by atoms with Crippen LogP contribution in [0.5, 0.6) is 5.75 Å². The van der Waals surface area contributed by atoms with Gasteiger partial charge in [0.1, 0.15) is 5.75 Å². The van der Waals surface area contributed by atoms with Crippen LogP contribution in [0, 0.1) is 23.7 Å². The van der Waals surface area contributed by atoms with E-state index in [0.717, 1.165) is 23.7 Å². The maximum atomic E-state index is 12.6. The molecule has 1 N–H and O–H groups in total. The third-order valence-electron chi connectivity index (χ3n) is 6.78. The summed E-state index contributed by atoms with van der Waals surface area (Å²) in [6.07, 6.45) is 3.14. The van der Waals surface area contributed by atoms with Crippen LogP contribution < -0.4 is 10.1 Å². The molecule has 0 aliphatic heterocycles. The summed E-state index contributed by atoms with van der Waals surface area (Å²) in [6.45, 7) is 10.9. The molecule has 4 unspecified atom stereocenters. The smallest absolute Gasteiger partial charge is 0.261 e. The number of carbonyl (C=O) groups is 1. The highest BCUT2D eigenvalue weighted by molar-refractivity contribution is 5.81. The quantitative estimate of drug-likeness (QED) is 0.908. The Morgan fingerprint density at radius 1 is 1.35 bits per heavy atom. The van der Waals surface area contributed by atoms with Gasteiger partial charge in [0.15, 0.2) is 6.10 Å². The average molecular weight is 315 g/mol. The van der Waals surface area contributed by atoms with E-state index < -0.39 is 6.10 Å². The Balaban J connectivity index is 1.64. The van der Waals surface area contributed by atoms with E-state index in [1.165, 1.54) is 12.8 Å². The summed E-state index contributed by atoms with van der Waals surface area (Å²) >= 11 is 0. The van der Waals surface area contributed by atoms with Gasteiger partial charge in [-0.05, 0) is 67.6 Å². The van der Waals surface area contributed by atoms with Gasteiger partial charge in [0, 0.05) is 6.04 Å². The van der Waals surface area contributed by atoms with Crippen LogP contribution in [0.25, 0.3) is 0 Å². The first kappa shape index (κ1) is 16.4. The fourth-order valence-corrected chi connectivity index (χ4v) is 4.66. The molecule has 2 fully saturated rings. The predicted octanol–water partition coefficient (Wildman–Crippen LogP) is 4.09. The molecule has 2 saturated carbocycles. The van der Waals surface area contributed by atoms with Crippen molar-refractivity contribution in [2.24, 2.45) is 16.7 Å². The highest BCUT2D eigenvalue weighted by atomic mass is 16.5. The summed E-state index contributed by atoms with van der Waals surface area (Å²) in [7, 11) is 0. The minimum atomic E-state index is -0.470. The van der Waals surface area contributed by atoms with Crippen molar-refractivity contribution in [2.75, 3.05) is 0 Å². The molecule has 126 valence electrons. The minimum absolute atomic E-state index is 0.00100. The molecule has 3 nitrogen and oxygen atoms in total. The number of hydrogen-bond acceptors (Lipinski definition) is 2. The van der Waals surface area contributed by atoms with Crippen molar-refractivity contribution in [2.45, 2.75) is 66.0 Å². The van der Waals surface area contributed by atoms with Crippen LogP contribution in [0.15, 0.2) is 24.3 Å². The van der Waals surface area contributed by atoms with Crippen molar-refractivity contribution in [1.82, 2.24) is 5.32 Å². The standard InChI is InChI=1S/C20H29NO2/c1-13-7-6-8-16(11-13)23-14(2)18(22)21-17-12-15-9-10-20(17,5)19(15,3)4/h6-8,11,14-15,17H,9-10,12H2,1-5H3,(H,21,22). The molecule has 3 rings (SSSR count). The highest BCUT2D eigenvalue weighted by Gasteiger charge is 2.61. The van der Waals surface area contributed by atoms with E-state index >= 15 is 0 Å². The topological polar surface area (TPSA) is 38.3 Å². The van der Waals surface area contributed by atoms with Crippen LogP contribution in [0.2, 0.25) is 0 Å². The first-order valence-corrected chi connectivity index (χ1v) is 8.78. The number of hydrogen-bond donors (Lipinski definition) is 1. The molecule has 0 saturated heterocycles. The second-order valence-electron chi connectivity index (χ2n) is 8.25. The SMILES string of the molecule is Cc1cccc(OC(C)C(=O)NC2CC3CCC2(C)C3(C)C)c1. The van der Waals surface area contributed by atoms with E-state index in [2.05, 4.69) is 26.1 Å². The average Bonchev–Trinajstić information content (AvgIpc) is 2.80. The van der Waals surface area contributed by atoms with E-state index in [1.54, 1.807) is 0 Å². The lowest BCUT2D eigenvalue weighted by atomic mass is 9.69. The van der Waals surface area contributed by atoms with Gasteiger partial charge in [0.05, 0.1) is 0 Å². The van der Waals surface area contributed by atoms with Gasteiger partial charge in [-0.15, -0.1) is 0 Å². The molecule has 0 spiro atoms. The van der Waals surface area contributed by atoms with Gasteiger partial charge in [-0.1, -0.05) is 32.9 Å². The summed E-state index contributed by atoms with van der Waals surface area (Å²) in [5.74, 6) is 1.49. The fraction of sp³-hybridized carbons (Fsp3) is 0.650. The van der Waals surface area contributed by atoms with Crippen molar-refractivity contribution in [3.8, 4) is 5.75 Å². The Hall–Kier alpha value is -1.51. The van der Waals surface area contributed by atoms with Crippen LogP contribution >= 0.6 is 0 Å². The van der Waals surface area contributed by atoms with Gasteiger partial charge in [0.2, 0.25) is 0 Å². The molecule has 2 bridgehead atoms. The minimum Gasteiger partial charge on any atom is -0.481 e. The third-order valence-corrected chi connectivity index (χ3v) is 6.78. The first-order valence-electron chi connectivity index (χ1n) is 8.78. The van der Waals surface area contributed by atoms with Crippen LogP contribution in [0.1, 0.15) is 52.5 Å². The number of nitrogens with one attached hydrogen (secondary N) is 1. The Morgan fingerprint density at radius 3 is 2.65 bits per heavy atom. The first-order chi connectivity index (χ1) is 10.7. The number of carbonyl (C=O) groups excluding carboxylic acids is 1. The van der Waals surface area contributed by atoms with Gasteiger partial charge in [0.25, 0.3) is 5.91 Å². The van der Waals surface area contributed by atoms with E-state index in [4.69, 9.17) is 4.74 Å². The Morgan fingerprint density at radius 2 is 2.09 bits per heavy atom. The molecule has 1 amide bonds. The van der Waals surface area contributed by atoms with Crippen molar-refractivity contribution in [3.05, 3.63) is 29.8 Å². The summed E-state index contributed by atoms with van der Waals surface area (Å²) in [5.41, 5.74) is 1.65. The molecule has 1 aromatic rings. The lowest BCUT2D eigenvalue weighted by Gasteiger charge is -2.39. The maximum Gasteiger partial charge on any atom is 0.261 e. The molecule has 2 aliphatic carbocycles. The van der Waals surface area contributed by atoms with Gasteiger partial charge in [-0.25, -0.2) is 0 Å². The largest absolute Gasteiger partial charge is 0.481 e. The molecular weight excluding hydrogens is 286 g/mol. The second-order valence-corrected chi connectivity index (χ2v) is 8.25. The number of ether oxygens (including phenoxy) is 1. The van der Waals surface area contributed by atoms with E-state index in [0.29, 0.717) is 5.41 Å². The molecular formula is C20H29NO2. The molecule has 2 aliphatic rings.